The van der Waals surface area contributed by atoms with Crippen LogP contribution in [0.2, 0.25) is 5.15 Å². The standard InChI is InChI=1S/C11H6ClF3N2O/c12-10-5-9(16-6-17-10)7-2-1-3-8(4-7)18-11(13,14)15/h1-6H. The van der Waals surface area contributed by atoms with Crippen molar-refractivity contribution in [1.82, 2.24) is 9.97 Å². The highest BCUT2D eigenvalue weighted by Gasteiger charge is 2.31. The topological polar surface area (TPSA) is 35.0 Å². The smallest absolute Gasteiger partial charge is 0.406 e. The maximum Gasteiger partial charge on any atom is 0.573 e. The Morgan fingerprint density at radius 3 is 2.56 bits per heavy atom. The van der Waals surface area contributed by atoms with E-state index in [0.717, 1.165) is 0 Å². The van der Waals surface area contributed by atoms with Crippen LogP contribution in [-0.4, -0.2) is 16.3 Å². The average Bonchev–Trinajstić information content (AvgIpc) is 2.27. The number of hydrogen-bond acceptors (Lipinski definition) is 3. The van der Waals surface area contributed by atoms with Crippen LogP contribution in [0.15, 0.2) is 36.7 Å². The first kappa shape index (κ1) is 12.6. The second-order valence-corrected chi connectivity index (χ2v) is 3.69. The van der Waals surface area contributed by atoms with Gasteiger partial charge in [-0.2, -0.15) is 0 Å². The first-order valence-electron chi connectivity index (χ1n) is 4.78. The van der Waals surface area contributed by atoms with Gasteiger partial charge in [0, 0.05) is 11.6 Å². The Balaban J connectivity index is 2.33. The summed E-state index contributed by atoms with van der Waals surface area (Å²) in [4.78, 5) is 7.61. The molecule has 0 amide bonds. The second kappa shape index (κ2) is 4.81. The van der Waals surface area contributed by atoms with Gasteiger partial charge in [-0.15, -0.1) is 13.2 Å². The second-order valence-electron chi connectivity index (χ2n) is 3.30. The molecule has 18 heavy (non-hydrogen) atoms. The molecule has 0 aliphatic heterocycles. The lowest BCUT2D eigenvalue weighted by Crippen LogP contribution is -2.17. The number of ether oxygens (including phenoxy) is 1. The summed E-state index contributed by atoms with van der Waals surface area (Å²) < 4.78 is 40.0. The summed E-state index contributed by atoms with van der Waals surface area (Å²) in [6, 6.07) is 6.93. The van der Waals surface area contributed by atoms with E-state index in [2.05, 4.69) is 14.7 Å². The number of nitrogens with zero attached hydrogens (tertiary/aromatic N) is 2. The number of halogens is 4. The van der Waals surface area contributed by atoms with Gasteiger partial charge in [0.05, 0.1) is 5.69 Å². The molecule has 0 aliphatic carbocycles. The molecule has 0 atom stereocenters. The van der Waals surface area contributed by atoms with Crippen LogP contribution in [0.1, 0.15) is 0 Å². The van der Waals surface area contributed by atoms with E-state index in [1.807, 2.05) is 0 Å². The zero-order valence-corrected chi connectivity index (χ0v) is 9.53. The molecule has 1 aromatic heterocycles. The summed E-state index contributed by atoms with van der Waals surface area (Å²) in [5.74, 6) is -0.310. The molecule has 2 rings (SSSR count). The Morgan fingerprint density at radius 2 is 1.89 bits per heavy atom. The molecule has 0 unspecified atom stereocenters. The number of alkyl halides is 3. The Morgan fingerprint density at radius 1 is 1.11 bits per heavy atom. The van der Waals surface area contributed by atoms with E-state index in [1.165, 1.54) is 30.6 Å². The summed E-state index contributed by atoms with van der Waals surface area (Å²) in [7, 11) is 0. The molecule has 0 saturated carbocycles. The molecule has 1 aromatic carbocycles. The molecule has 94 valence electrons. The maximum atomic E-state index is 12.1. The van der Waals surface area contributed by atoms with Crippen LogP contribution in [0.4, 0.5) is 13.2 Å². The number of aromatic nitrogens is 2. The lowest BCUT2D eigenvalue weighted by atomic mass is 10.1. The van der Waals surface area contributed by atoms with E-state index < -0.39 is 6.36 Å². The van der Waals surface area contributed by atoms with Crippen molar-refractivity contribution >= 4 is 11.6 Å². The summed E-state index contributed by atoms with van der Waals surface area (Å²) in [5.41, 5.74) is 0.878. The SMILES string of the molecule is FC(F)(F)Oc1cccc(-c2cc(Cl)ncn2)c1. The van der Waals surface area contributed by atoms with Gasteiger partial charge in [-0.3, -0.25) is 0 Å². The molecule has 0 spiro atoms. The van der Waals surface area contributed by atoms with Crippen LogP contribution >= 0.6 is 11.6 Å². The number of hydrogen-bond donors (Lipinski definition) is 0. The fraction of sp³-hybridized carbons (Fsp3) is 0.0909. The maximum absolute atomic E-state index is 12.1. The number of benzene rings is 1. The Hall–Kier alpha value is -1.82. The zero-order chi connectivity index (χ0) is 13.2. The van der Waals surface area contributed by atoms with Crippen molar-refractivity contribution < 1.29 is 17.9 Å². The van der Waals surface area contributed by atoms with Gasteiger partial charge < -0.3 is 4.74 Å². The predicted octanol–water partition coefficient (Wildman–Crippen LogP) is 3.70. The van der Waals surface area contributed by atoms with Crippen molar-refractivity contribution in [3.05, 3.63) is 41.8 Å². The predicted molar refractivity (Wildman–Crippen MR) is 59.2 cm³/mol. The Bertz CT molecular complexity index is 560. The van der Waals surface area contributed by atoms with Crippen LogP contribution in [0, 0.1) is 0 Å². The molecule has 2 aromatic rings. The van der Waals surface area contributed by atoms with Crippen LogP contribution < -0.4 is 4.74 Å². The molecular formula is C11H6ClF3N2O. The quantitative estimate of drug-likeness (QED) is 0.783. The molecule has 0 aliphatic rings. The normalized spacial score (nSPS) is 11.3. The molecule has 0 saturated heterocycles. The minimum atomic E-state index is -4.72. The first-order valence-corrected chi connectivity index (χ1v) is 5.15. The fourth-order valence-electron chi connectivity index (χ4n) is 1.34. The molecule has 0 fully saturated rings. The monoisotopic (exact) mass is 274 g/mol. The number of rotatable bonds is 2. The third-order valence-electron chi connectivity index (χ3n) is 2.00. The largest absolute Gasteiger partial charge is 0.573 e. The first-order chi connectivity index (χ1) is 8.44. The highest BCUT2D eigenvalue weighted by molar-refractivity contribution is 6.29. The Labute approximate surface area is 105 Å². The van der Waals surface area contributed by atoms with Crippen molar-refractivity contribution in [3.63, 3.8) is 0 Å². The molecular weight excluding hydrogens is 269 g/mol. The highest BCUT2D eigenvalue weighted by Crippen LogP contribution is 2.27. The van der Waals surface area contributed by atoms with E-state index in [9.17, 15) is 13.2 Å². The van der Waals surface area contributed by atoms with Crippen molar-refractivity contribution in [2.75, 3.05) is 0 Å². The molecule has 7 heteroatoms. The van der Waals surface area contributed by atoms with Crippen molar-refractivity contribution in [3.8, 4) is 17.0 Å². The summed E-state index contributed by atoms with van der Waals surface area (Å²) in [6.07, 6.45) is -3.49. The van der Waals surface area contributed by atoms with Gasteiger partial charge in [0.15, 0.2) is 0 Å². The van der Waals surface area contributed by atoms with Crippen LogP contribution in [0.3, 0.4) is 0 Å². The minimum Gasteiger partial charge on any atom is -0.406 e. The van der Waals surface area contributed by atoms with Crippen LogP contribution in [0.5, 0.6) is 5.75 Å². The molecule has 0 radical (unpaired) electrons. The molecule has 1 heterocycles. The molecule has 3 nitrogen and oxygen atoms in total. The van der Waals surface area contributed by atoms with E-state index in [0.29, 0.717) is 11.3 Å². The van der Waals surface area contributed by atoms with Crippen LogP contribution in [0.25, 0.3) is 11.3 Å². The van der Waals surface area contributed by atoms with E-state index in [4.69, 9.17) is 11.6 Å². The Kier molecular flexibility index (Phi) is 3.38. The van der Waals surface area contributed by atoms with E-state index in [1.54, 1.807) is 6.07 Å². The van der Waals surface area contributed by atoms with Gasteiger partial charge in [0.25, 0.3) is 0 Å². The third kappa shape index (κ3) is 3.33. The van der Waals surface area contributed by atoms with Gasteiger partial charge in [0.1, 0.15) is 17.2 Å². The lowest BCUT2D eigenvalue weighted by Gasteiger charge is -2.09. The van der Waals surface area contributed by atoms with Gasteiger partial charge in [-0.1, -0.05) is 23.7 Å². The average molecular weight is 275 g/mol. The minimum absolute atomic E-state index is 0.210. The summed E-state index contributed by atoms with van der Waals surface area (Å²) in [5, 5.41) is 0.210. The third-order valence-corrected chi connectivity index (χ3v) is 2.20. The van der Waals surface area contributed by atoms with Gasteiger partial charge in [-0.05, 0) is 12.1 Å². The molecule has 0 N–H and O–H groups in total. The van der Waals surface area contributed by atoms with Gasteiger partial charge in [0.2, 0.25) is 0 Å². The summed E-state index contributed by atoms with van der Waals surface area (Å²) >= 11 is 5.68. The lowest BCUT2D eigenvalue weighted by molar-refractivity contribution is -0.274. The van der Waals surface area contributed by atoms with E-state index >= 15 is 0 Å². The highest BCUT2D eigenvalue weighted by atomic mass is 35.5. The van der Waals surface area contributed by atoms with Crippen LogP contribution in [-0.2, 0) is 0 Å². The fourth-order valence-corrected chi connectivity index (χ4v) is 1.49. The van der Waals surface area contributed by atoms with Gasteiger partial charge in [-0.25, -0.2) is 9.97 Å². The molecule has 0 bridgehead atoms. The van der Waals surface area contributed by atoms with Crippen molar-refractivity contribution in [2.24, 2.45) is 0 Å². The van der Waals surface area contributed by atoms with Gasteiger partial charge >= 0.3 is 6.36 Å². The summed E-state index contributed by atoms with van der Waals surface area (Å²) in [6.45, 7) is 0. The zero-order valence-electron chi connectivity index (χ0n) is 8.78. The van der Waals surface area contributed by atoms with Crippen molar-refractivity contribution in [2.45, 2.75) is 6.36 Å². The van der Waals surface area contributed by atoms with Crippen molar-refractivity contribution in [1.29, 1.82) is 0 Å². The van der Waals surface area contributed by atoms with E-state index in [-0.39, 0.29) is 10.9 Å².